The highest BCUT2D eigenvalue weighted by Crippen LogP contribution is 2.29. The molecule has 0 aromatic carbocycles. The summed E-state index contributed by atoms with van der Waals surface area (Å²) in [7, 11) is 0. The summed E-state index contributed by atoms with van der Waals surface area (Å²) in [4.78, 5) is 11.8. The third-order valence-corrected chi connectivity index (χ3v) is 3.68. The van der Waals surface area contributed by atoms with E-state index < -0.39 is 0 Å². The Balaban J connectivity index is 2.33. The Morgan fingerprint density at radius 2 is 2.11 bits per heavy atom. The number of rotatable bonds is 4. The Kier molecular flexibility index (Phi) is 4.27. The largest absolute Gasteiger partial charge is 0.370 e. The van der Waals surface area contributed by atoms with Crippen LogP contribution in [0.25, 0.3) is 0 Å². The van der Waals surface area contributed by atoms with Gasteiger partial charge in [0.05, 0.1) is 0 Å². The van der Waals surface area contributed by atoms with Crippen molar-refractivity contribution in [1.82, 2.24) is 9.97 Å². The smallest absolute Gasteiger partial charge is 0.135 e. The molecule has 0 amide bonds. The van der Waals surface area contributed by atoms with Crippen LogP contribution in [0, 0.1) is 5.92 Å². The van der Waals surface area contributed by atoms with Crippen LogP contribution in [0.5, 0.6) is 0 Å². The summed E-state index contributed by atoms with van der Waals surface area (Å²) in [5.41, 5.74) is 0. The SMILES string of the molecule is CCNc1cc(N2CC(C)CC2C)nc(C(C)C)n1. The van der Waals surface area contributed by atoms with Gasteiger partial charge < -0.3 is 10.2 Å². The molecule has 1 aliphatic rings. The summed E-state index contributed by atoms with van der Waals surface area (Å²) >= 11 is 0. The third kappa shape index (κ3) is 3.17. The highest BCUT2D eigenvalue weighted by molar-refractivity contribution is 5.51. The van der Waals surface area contributed by atoms with E-state index in [1.54, 1.807) is 0 Å². The zero-order valence-corrected chi connectivity index (χ0v) is 12.8. The Bertz CT molecular complexity index is 430. The molecule has 2 unspecified atom stereocenters. The fourth-order valence-corrected chi connectivity index (χ4v) is 2.75. The van der Waals surface area contributed by atoms with E-state index in [9.17, 15) is 0 Å². The number of nitrogens with zero attached hydrogens (tertiary/aromatic N) is 3. The maximum absolute atomic E-state index is 4.76. The van der Waals surface area contributed by atoms with Crippen molar-refractivity contribution < 1.29 is 0 Å². The molecule has 2 atom stereocenters. The number of nitrogens with one attached hydrogen (secondary N) is 1. The number of anilines is 2. The summed E-state index contributed by atoms with van der Waals surface area (Å²) in [6, 6.07) is 2.66. The quantitative estimate of drug-likeness (QED) is 0.904. The monoisotopic (exact) mass is 262 g/mol. The van der Waals surface area contributed by atoms with E-state index in [0.717, 1.165) is 36.5 Å². The van der Waals surface area contributed by atoms with Crippen LogP contribution >= 0.6 is 0 Å². The van der Waals surface area contributed by atoms with Crippen LogP contribution in [0.2, 0.25) is 0 Å². The van der Waals surface area contributed by atoms with Crippen LogP contribution in [-0.4, -0.2) is 29.1 Å². The molecule has 1 aliphatic heterocycles. The molecule has 0 spiro atoms. The Morgan fingerprint density at radius 3 is 2.63 bits per heavy atom. The van der Waals surface area contributed by atoms with Gasteiger partial charge in [0.15, 0.2) is 0 Å². The predicted molar refractivity (Wildman–Crippen MR) is 80.9 cm³/mol. The predicted octanol–water partition coefficient (Wildman–Crippen LogP) is 3.27. The summed E-state index contributed by atoms with van der Waals surface area (Å²) in [6.07, 6.45) is 1.25. The Morgan fingerprint density at radius 1 is 1.37 bits per heavy atom. The summed E-state index contributed by atoms with van der Waals surface area (Å²) < 4.78 is 0. The molecule has 1 aromatic rings. The molecule has 0 aliphatic carbocycles. The molecule has 19 heavy (non-hydrogen) atoms. The fourth-order valence-electron chi connectivity index (χ4n) is 2.75. The van der Waals surface area contributed by atoms with Crippen LogP contribution in [-0.2, 0) is 0 Å². The van der Waals surface area contributed by atoms with Crippen LogP contribution in [0.1, 0.15) is 52.8 Å². The van der Waals surface area contributed by atoms with Gasteiger partial charge in [-0.3, -0.25) is 0 Å². The second kappa shape index (κ2) is 5.76. The van der Waals surface area contributed by atoms with Crippen molar-refractivity contribution in [3.05, 3.63) is 11.9 Å². The van der Waals surface area contributed by atoms with E-state index in [1.165, 1.54) is 6.42 Å². The minimum absolute atomic E-state index is 0.354. The minimum Gasteiger partial charge on any atom is -0.370 e. The van der Waals surface area contributed by atoms with Crippen LogP contribution in [0.4, 0.5) is 11.6 Å². The van der Waals surface area contributed by atoms with Crippen molar-refractivity contribution in [2.24, 2.45) is 5.92 Å². The maximum atomic E-state index is 4.76. The van der Waals surface area contributed by atoms with Gasteiger partial charge in [0.1, 0.15) is 17.5 Å². The van der Waals surface area contributed by atoms with Crippen molar-refractivity contribution in [3.8, 4) is 0 Å². The summed E-state index contributed by atoms with van der Waals surface area (Å²) in [5.74, 6) is 4.05. The maximum Gasteiger partial charge on any atom is 0.135 e. The van der Waals surface area contributed by atoms with E-state index in [0.29, 0.717) is 12.0 Å². The van der Waals surface area contributed by atoms with Gasteiger partial charge in [0, 0.05) is 31.1 Å². The van der Waals surface area contributed by atoms with Crippen LogP contribution < -0.4 is 10.2 Å². The number of aromatic nitrogens is 2. The standard InChI is InChI=1S/C15H26N4/c1-6-16-13-8-14(18-15(17-13)10(2)3)19-9-11(4)7-12(19)5/h8,10-12H,6-7,9H2,1-5H3,(H,16,17,18). The molecule has 4 nitrogen and oxygen atoms in total. The molecule has 2 heterocycles. The van der Waals surface area contributed by atoms with Gasteiger partial charge in [-0.25, -0.2) is 9.97 Å². The zero-order valence-electron chi connectivity index (χ0n) is 12.8. The van der Waals surface area contributed by atoms with E-state index in [4.69, 9.17) is 4.98 Å². The topological polar surface area (TPSA) is 41.0 Å². The van der Waals surface area contributed by atoms with E-state index in [1.807, 2.05) is 0 Å². The van der Waals surface area contributed by atoms with Gasteiger partial charge in [-0.05, 0) is 26.2 Å². The first kappa shape index (κ1) is 14.1. The number of hydrogen-bond donors (Lipinski definition) is 1. The van der Waals surface area contributed by atoms with Gasteiger partial charge in [0.2, 0.25) is 0 Å². The van der Waals surface area contributed by atoms with E-state index in [2.05, 4.69) is 55.9 Å². The molecule has 0 bridgehead atoms. The molecule has 1 aromatic heterocycles. The lowest BCUT2D eigenvalue weighted by molar-refractivity contribution is 0.625. The van der Waals surface area contributed by atoms with Gasteiger partial charge in [-0.2, -0.15) is 0 Å². The molecule has 2 rings (SSSR count). The minimum atomic E-state index is 0.354. The highest BCUT2D eigenvalue weighted by Gasteiger charge is 2.27. The average molecular weight is 262 g/mol. The second-order valence-electron chi connectivity index (χ2n) is 6.00. The third-order valence-electron chi connectivity index (χ3n) is 3.68. The second-order valence-corrected chi connectivity index (χ2v) is 6.00. The van der Waals surface area contributed by atoms with Crippen molar-refractivity contribution in [2.45, 2.75) is 53.0 Å². The molecule has 4 heteroatoms. The fraction of sp³-hybridized carbons (Fsp3) is 0.733. The van der Waals surface area contributed by atoms with Crippen molar-refractivity contribution in [1.29, 1.82) is 0 Å². The molecule has 1 fully saturated rings. The lowest BCUT2D eigenvalue weighted by Crippen LogP contribution is -2.28. The molecular formula is C15H26N4. The lowest BCUT2D eigenvalue weighted by atomic mass is 10.1. The highest BCUT2D eigenvalue weighted by atomic mass is 15.2. The normalized spacial score (nSPS) is 23.2. The molecule has 1 N–H and O–H groups in total. The van der Waals surface area contributed by atoms with Crippen molar-refractivity contribution >= 4 is 11.6 Å². The van der Waals surface area contributed by atoms with Gasteiger partial charge >= 0.3 is 0 Å². The van der Waals surface area contributed by atoms with Gasteiger partial charge in [-0.1, -0.05) is 20.8 Å². The average Bonchev–Trinajstić information content (AvgIpc) is 2.68. The first-order valence-corrected chi connectivity index (χ1v) is 7.40. The van der Waals surface area contributed by atoms with E-state index in [-0.39, 0.29) is 0 Å². The zero-order chi connectivity index (χ0) is 14.0. The summed E-state index contributed by atoms with van der Waals surface area (Å²) in [5, 5.41) is 3.31. The number of hydrogen-bond acceptors (Lipinski definition) is 4. The van der Waals surface area contributed by atoms with Crippen molar-refractivity contribution in [2.75, 3.05) is 23.3 Å². The lowest BCUT2D eigenvalue weighted by Gasteiger charge is -2.24. The van der Waals surface area contributed by atoms with E-state index >= 15 is 0 Å². The summed E-state index contributed by atoms with van der Waals surface area (Å²) in [6.45, 7) is 13.0. The van der Waals surface area contributed by atoms with Gasteiger partial charge in [0.25, 0.3) is 0 Å². The first-order chi connectivity index (χ1) is 9.01. The Hall–Kier alpha value is -1.32. The van der Waals surface area contributed by atoms with Crippen molar-refractivity contribution in [3.63, 3.8) is 0 Å². The van der Waals surface area contributed by atoms with Crippen LogP contribution in [0.15, 0.2) is 6.07 Å². The van der Waals surface area contributed by atoms with Crippen LogP contribution in [0.3, 0.4) is 0 Å². The molecule has 106 valence electrons. The first-order valence-electron chi connectivity index (χ1n) is 7.40. The molecule has 0 radical (unpaired) electrons. The van der Waals surface area contributed by atoms with Gasteiger partial charge in [-0.15, -0.1) is 0 Å². The molecular weight excluding hydrogens is 236 g/mol. The molecule has 0 saturated carbocycles. The molecule has 1 saturated heterocycles. The Labute approximate surface area is 116 Å².